The van der Waals surface area contributed by atoms with E-state index in [1.54, 1.807) is 13.2 Å². The van der Waals surface area contributed by atoms with E-state index >= 15 is 0 Å². The van der Waals surface area contributed by atoms with Crippen molar-refractivity contribution >= 4 is 16.8 Å². The highest BCUT2D eigenvalue weighted by atomic mass is 16.5. The minimum atomic E-state index is -0.456. The van der Waals surface area contributed by atoms with Crippen molar-refractivity contribution in [2.24, 2.45) is 5.92 Å². The number of methoxy groups -OCH3 is 1. The van der Waals surface area contributed by atoms with Crippen molar-refractivity contribution in [2.45, 2.75) is 71.8 Å². The molecule has 2 aromatic rings. The molecule has 0 unspecified atom stereocenters. The van der Waals surface area contributed by atoms with Gasteiger partial charge in [0, 0.05) is 24.3 Å². The number of carbonyl (C=O) groups is 1. The Morgan fingerprint density at radius 2 is 2.07 bits per heavy atom. The number of ether oxygens (including phenoxy) is 2. The summed E-state index contributed by atoms with van der Waals surface area (Å²) in [5, 5.41) is 0.784. The van der Waals surface area contributed by atoms with Crippen molar-refractivity contribution in [1.82, 2.24) is 0 Å². The van der Waals surface area contributed by atoms with Crippen LogP contribution in [0, 0.1) is 5.92 Å². The molecule has 0 radical (unpaired) electrons. The summed E-state index contributed by atoms with van der Waals surface area (Å²) in [6, 6.07) is 5.42. The van der Waals surface area contributed by atoms with E-state index in [9.17, 15) is 9.59 Å². The summed E-state index contributed by atoms with van der Waals surface area (Å²) in [5.41, 5.74) is 1.34. The zero-order chi connectivity index (χ0) is 22.1. The number of Topliss-reactive ketones (excluding diaryl/α,β-unsaturated/α-hetero) is 1. The van der Waals surface area contributed by atoms with Gasteiger partial charge in [0.25, 0.3) is 0 Å². The van der Waals surface area contributed by atoms with E-state index in [2.05, 4.69) is 26.8 Å². The molecule has 0 fully saturated rings. The maximum atomic E-state index is 12.9. The first-order valence-corrected chi connectivity index (χ1v) is 10.6. The quantitative estimate of drug-likeness (QED) is 0.419. The first-order valence-electron chi connectivity index (χ1n) is 10.6. The molecule has 1 aromatic carbocycles. The maximum Gasteiger partial charge on any atom is 0.343 e. The fourth-order valence-electron chi connectivity index (χ4n) is 4.26. The molecule has 5 heteroatoms. The van der Waals surface area contributed by atoms with Gasteiger partial charge in [-0.05, 0) is 44.7 Å². The molecule has 0 amide bonds. The molecule has 0 saturated carbocycles. The molecule has 3 rings (SSSR count). The van der Waals surface area contributed by atoms with Crippen molar-refractivity contribution in [3.05, 3.63) is 45.8 Å². The average molecular weight is 413 g/mol. The molecule has 1 aliphatic heterocycles. The second-order valence-electron chi connectivity index (χ2n) is 9.04. The van der Waals surface area contributed by atoms with E-state index in [4.69, 9.17) is 13.9 Å². The molecule has 0 aliphatic carbocycles. The number of rotatable bonds is 8. The minimum absolute atomic E-state index is 0.153. The first-order chi connectivity index (χ1) is 14.2. The van der Waals surface area contributed by atoms with E-state index in [0.717, 1.165) is 23.8 Å². The molecule has 2 atom stereocenters. The second kappa shape index (κ2) is 8.66. The van der Waals surface area contributed by atoms with Gasteiger partial charge in [-0.3, -0.25) is 4.79 Å². The summed E-state index contributed by atoms with van der Waals surface area (Å²) < 4.78 is 17.0. The number of benzene rings is 1. The van der Waals surface area contributed by atoms with E-state index < -0.39 is 5.41 Å². The van der Waals surface area contributed by atoms with Gasteiger partial charge in [-0.1, -0.05) is 32.4 Å². The Morgan fingerprint density at radius 3 is 2.73 bits per heavy atom. The minimum Gasteiger partial charge on any atom is -0.497 e. The van der Waals surface area contributed by atoms with Crippen LogP contribution in [-0.4, -0.2) is 19.0 Å². The monoisotopic (exact) mass is 412 g/mol. The highest BCUT2D eigenvalue weighted by Gasteiger charge is 2.46. The van der Waals surface area contributed by atoms with Gasteiger partial charge in [-0.15, -0.1) is 0 Å². The van der Waals surface area contributed by atoms with Crippen LogP contribution in [0.3, 0.4) is 0 Å². The van der Waals surface area contributed by atoms with E-state index in [1.807, 2.05) is 26.0 Å². The Labute approximate surface area is 178 Å². The number of allylic oxidation sites excluding steroid dienone is 2. The lowest BCUT2D eigenvalue weighted by Gasteiger charge is -2.26. The summed E-state index contributed by atoms with van der Waals surface area (Å²) in [6.45, 7) is 10.2. The Morgan fingerprint density at radius 1 is 1.33 bits per heavy atom. The smallest absolute Gasteiger partial charge is 0.343 e. The third-order valence-corrected chi connectivity index (χ3v) is 6.10. The third-order valence-electron chi connectivity index (χ3n) is 6.10. The molecule has 0 bridgehead atoms. The highest BCUT2D eigenvalue weighted by Crippen LogP contribution is 2.47. The summed E-state index contributed by atoms with van der Waals surface area (Å²) in [5.74, 6) is 1.90. The van der Waals surface area contributed by atoms with E-state index in [-0.39, 0.29) is 17.5 Å². The van der Waals surface area contributed by atoms with Gasteiger partial charge in [0.1, 0.15) is 29.0 Å². The Balaban J connectivity index is 1.84. The zero-order valence-electron chi connectivity index (χ0n) is 18.8. The van der Waals surface area contributed by atoms with Crippen LogP contribution < -0.4 is 15.1 Å². The van der Waals surface area contributed by atoms with Crippen molar-refractivity contribution in [3.63, 3.8) is 0 Å². The Hall–Kier alpha value is -2.56. The molecule has 1 aromatic heterocycles. The van der Waals surface area contributed by atoms with Crippen LogP contribution in [-0.2, 0) is 10.2 Å². The summed E-state index contributed by atoms with van der Waals surface area (Å²) in [7, 11) is 1.58. The van der Waals surface area contributed by atoms with Crippen molar-refractivity contribution in [2.75, 3.05) is 7.11 Å². The maximum absolute atomic E-state index is 12.9. The predicted octanol–water partition coefficient (Wildman–Crippen LogP) is 5.57. The van der Waals surface area contributed by atoms with Gasteiger partial charge in [-0.25, -0.2) is 4.79 Å². The van der Waals surface area contributed by atoms with Crippen LogP contribution >= 0.6 is 0 Å². The van der Waals surface area contributed by atoms with Crippen LogP contribution in [0.2, 0.25) is 0 Å². The van der Waals surface area contributed by atoms with Gasteiger partial charge in [0.2, 0.25) is 0 Å². The normalized spacial score (nSPS) is 21.0. The molecule has 162 valence electrons. The van der Waals surface area contributed by atoms with Gasteiger partial charge in [0.15, 0.2) is 0 Å². The number of hydrogen-bond donors (Lipinski definition) is 0. The Bertz CT molecular complexity index is 1030. The van der Waals surface area contributed by atoms with Crippen LogP contribution in [0.1, 0.15) is 65.9 Å². The molecular formula is C25H32O5. The molecular weight excluding hydrogens is 380 g/mol. The largest absolute Gasteiger partial charge is 0.497 e. The lowest BCUT2D eigenvalue weighted by molar-refractivity contribution is -0.119. The highest BCUT2D eigenvalue weighted by molar-refractivity contribution is 5.86. The predicted molar refractivity (Wildman–Crippen MR) is 119 cm³/mol. The van der Waals surface area contributed by atoms with Crippen LogP contribution in [0.4, 0.5) is 0 Å². The SMILES string of the molecule is COc1ccc2c3c(c(=O)oc2c1)[C@@](C)(CC/C=C(\C)CC(=O)CC(C)C)[C@H](C)O3. The molecule has 0 N–H and O–H groups in total. The topological polar surface area (TPSA) is 65.7 Å². The second-order valence-corrected chi connectivity index (χ2v) is 9.04. The van der Waals surface area contributed by atoms with Crippen molar-refractivity contribution in [3.8, 4) is 11.5 Å². The van der Waals surface area contributed by atoms with Crippen LogP contribution in [0.15, 0.2) is 39.1 Å². The molecule has 0 saturated heterocycles. The zero-order valence-corrected chi connectivity index (χ0v) is 18.8. The Kier molecular flexibility index (Phi) is 6.39. The average Bonchev–Trinajstić information content (AvgIpc) is 2.92. The number of hydrogen-bond acceptors (Lipinski definition) is 5. The van der Waals surface area contributed by atoms with E-state index in [0.29, 0.717) is 41.4 Å². The summed E-state index contributed by atoms with van der Waals surface area (Å²) in [6.07, 6.45) is 4.57. The van der Waals surface area contributed by atoms with Gasteiger partial charge < -0.3 is 13.9 Å². The molecule has 1 aliphatic rings. The van der Waals surface area contributed by atoms with Gasteiger partial charge in [-0.2, -0.15) is 0 Å². The number of fused-ring (bicyclic) bond motifs is 3. The fourth-order valence-corrected chi connectivity index (χ4v) is 4.26. The standard InChI is InChI=1S/C25H32O5/c1-15(2)12-18(26)13-16(3)8-7-11-25(5)17(4)29-23-20-10-9-19(28-6)14-21(20)30-24(27)22(23)25/h8-10,14-15,17H,7,11-13H2,1-6H3/b16-8+/t17-,25-/m0/s1. The summed E-state index contributed by atoms with van der Waals surface area (Å²) >= 11 is 0. The third kappa shape index (κ3) is 4.30. The van der Waals surface area contributed by atoms with Crippen molar-refractivity contribution < 1.29 is 18.7 Å². The molecule has 0 spiro atoms. The summed E-state index contributed by atoms with van der Waals surface area (Å²) in [4.78, 5) is 24.9. The van der Waals surface area contributed by atoms with Crippen LogP contribution in [0.25, 0.3) is 11.0 Å². The fraction of sp³-hybridized carbons (Fsp3) is 0.520. The van der Waals surface area contributed by atoms with Gasteiger partial charge in [0.05, 0.1) is 18.1 Å². The lowest BCUT2D eigenvalue weighted by Crippen LogP contribution is -2.35. The van der Waals surface area contributed by atoms with E-state index in [1.165, 1.54) is 0 Å². The lowest BCUT2D eigenvalue weighted by atomic mass is 9.76. The number of carbonyl (C=O) groups excluding carboxylic acids is 1. The van der Waals surface area contributed by atoms with Gasteiger partial charge >= 0.3 is 5.63 Å². The van der Waals surface area contributed by atoms with Crippen LogP contribution in [0.5, 0.6) is 11.5 Å². The molecule has 30 heavy (non-hydrogen) atoms. The molecule has 5 nitrogen and oxygen atoms in total. The molecule has 2 heterocycles. The van der Waals surface area contributed by atoms with Crippen molar-refractivity contribution in [1.29, 1.82) is 0 Å². The number of ketones is 1. The first kappa shape index (κ1) is 22.1.